The minimum absolute atomic E-state index is 0.277. The molecule has 0 spiro atoms. The second-order valence-corrected chi connectivity index (χ2v) is 5.61. The Bertz CT molecular complexity index is 367. The Hall–Kier alpha value is -1.06. The molecule has 1 saturated heterocycles. The number of hydrogen-bond acceptors (Lipinski definition) is 3. The molecule has 0 amide bonds. The lowest BCUT2D eigenvalue weighted by atomic mass is 10.1. The summed E-state index contributed by atoms with van der Waals surface area (Å²) in [6.45, 7) is 9.37. The summed E-state index contributed by atoms with van der Waals surface area (Å²) in [7, 11) is 0. The summed E-state index contributed by atoms with van der Waals surface area (Å²) in [5.41, 5.74) is 2.65. The molecule has 0 aliphatic carbocycles. The van der Waals surface area contributed by atoms with Gasteiger partial charge in [-0.1, -0.05) is 12.1 Å². The van der Waals surface area contributed by atoms with E-state index < -0.39 is 0 Å². The van der Waals surface area contributed by atoms with Crippen molar-refractivity contribution in [3.05, 3.63) is 29.8 Å². The van der Waals surface area contributed by atoms with E-state index in [1.54, 1.807) is 0 Å². The van der Waals surface area contributed by atoms with E-state index in [0.29, 0.717) is 6.04 Å². The van der Waals surface area contributed by atoms with Gasteiger partial charge < -0.3 is 10.0 Å². The van der Waals surface area contributed by atoms with E-state index in [-0.39, 0.29) is 6.61 Å². The van der Waals surface area contributed by atoms with Crippen molar-refractivity contribution in [2.24, 2.45) is 0 Å². The van der Waals surface area contributed by atoms with Crippen LogP contribution in [0, 0.1) is 0 Å². The fraction of sp³-hybridized carbons (Fsp3) is 0.625. The average Bonchev–Trinajstić information content (AvgIpc) is 2.46. The summed E-state index contributed by atoms with van der Waals surface area (Å²) < 4.78 is 0. The topological polar surface area (TPSA) is 26.7 Å². The largest absolute Gasteiger partial charge is 0.396 e. The summed E-state index contributed by atoms with van der Waals surface area (Å²) in [6, 6.07) is 9.48. The molecule has 1 fully saturated rings. The van der Waals surface area contributed by atoms with Crippen molar-refractivity contribution in [3.63, 3.8) is 0 Å². The number of hydrogen-bond donors (Lipinski definition) is 1. The first-order valence-electron chi connectivity index (χ1n) is 7.39. The van der Waals surface area contributed by atoms with Crippen LogP contribution in [0.3, 0.4) is 0 Å². The molecule has 1 aliphatic heterocycles. The van der Waals surface area contributed by atoms with Crippen molar-refractivity contribution in [1.82, 2.24) is 4.90 Å². The molecule has 0 saturated carbocycles. The van der Waals surface area contributed by atoms with E-state index in [9.17, 15) is 0 Å². The molecule has 19 heavy (non-hydrogen) atoms. The maximum Gasteiger partial charge on any atom is 0.0434 e. The number of aliphatic hydroxyl groups excluding tert-OH is 1. The first kappa shape index (κ1) is 14.4. The van der Waals surface area contributed by atoms with E-state index in [2.05, 4.69) is 47.9 Å². The Labute approximate surface area is 116 Å². The van der Waals surface area contributed by atoms with E-state index >= 15 is 0 Å². The monoisotopic (exact) mass is 262 g/mol. The first-order valence-corrected chi connectivity index (χ1v) is 7.39. The van der Waals surface area contributed by atoms with E-state index in [1.807, 2.05) is 0 Å². The van der Waals surface area contributed by atoms with Crippen LogP contribution in [0.2, 0.25) is 0 Å². The molecule has 0 aromatic heterocycles. The lowest BCUT2D eigenvalue weighted by Crippen LogP contribution is -2.48. The average molecular weight is 262 g/mol. The quantitative estimate of drug-likeness (QED) is 0.881. The van der Waals surface area contributed by atoms with Crippen molar-refractivity contribution in [2.45, 2.75) is 32.7 Å². The van der Waals surface area contributed by atoms with Crippen molar-refractivity contribution in [3.8, 4) is 0 Å². The van der Waals surface area contributed by atoms with Gasteiger partial charge in [0.05, 0.1) is 0 Å². The minimum atomic E-state index is 0.277. The van der Waals surface area contributed by atoms with Crippen LogP contribution in [0.25, 0.3) is 0 Å². The van der Waals surface area contributed by atoms with Crippen LogP contribution >= 0.6 is 0 Å². The Morgan fingerprint density at radius 2 is 1.68 bits per heavy atom. The molecule has 0 radical (unpaired) electrons. The van der Waals surface area contributed by atoms with Gasteiger partial charge in [-0.25, -0.2) is 0 Å². The molecule has 106 valence electrons. The zero-order valence-corrected chi connectivity index (χ0v) is 12.2. The molecule has 0 atom stereocenters. The summed E-state index contributed by atoms with van der Waals surface area (Å²) in [5.74, 6) is 0. The molecule has 3 nitrogen and oxygen atoms in total. The zero-order valence-electron chi connectivity index (χ0n) is 12.2. The Morgan fingerprint density at radius 3 is 2.21 bits per heavy atom. The second-order valence-electron chi connectivity index (χ2n) is 5.61. The third-order valence-corrected chi connectivity index (χ3v) is 3.97. The van der Waals surface area contributed by atoms with E-state index in [4.69, 9.17) is 5.11 Å². The highest BCUT2D eigenvalue weighted by molar-refractivity contribution is 5.48. The number of aryl methyl sites for hydroxylation is 1. The highest BCUT2D eigenvalue weighted by Crippen LogP contribution is 2.18. The maximum absolute atomic E-state index is 8.84. The van der Waals surface area contributed by atoms with Gasteiger partial charge in [-0.2, -0.15) is 0 Å². The molecule has 1 N–H and O–H groups in total. The summed E-state index contributed by atoms with van der Waals surface area (Å²) in [5, 5.41) is 8.84. The van der Waals surface area contributed by atoms with Gasteiger partial charge in [0.25, 0.3) is 0 Å². The molecule has 1 aromatic rings. The SMILES string of the molecule is CC(C)N1CCN(c2ccc(CCCO)cc2)CC1. The van der Waals surface area contributed by atoms with Crippen LogP contribution in [0.5, 0.6) is 0 Å². The summed E-state index contributed by atoms with van der Waals surface area (Å²) >= 11 is 0. The first-order chi connectivity index (χ1) is 9.20. The number of nitrogens with zero attached hydrogens (tertiary/aromatic N) is 2. The number of rotatable bonds is 5. The van der Waals surface area contributed by atoms with Gasteiger partial charge >= 0.3 is 0 Å². The summed E-state index contributed by atoms with van der Waals surface area (Å²) in [6.07, 6.45) is 1.82. The van der Waals surface area contributed by atoms with Gasteiger partial charge in [0, 0.05) is 44.5 Å². The Balaban J connectivity index is 1.89. The van der Waals surface area contributed by atoms with Crippen molar-refractivity contribution >= 4 is 5.69 Å². The third-order valence-electron chi connectivity index (χ3n) is 3.97. The smallest absolute Gasteiger partial charge is 0.0434 e. The highest BCUT2D eigenvalue weighted by atomic mass is 16.2. The second kappa shape index (κ2) is 6.92. The van der Waals surface area contributed by atoms with Crippen LogP contribution in [0.4, 0.5) is 5.69 Å². The van der Waals surface area contributed by atoms with Gasteiger partial charge in [-0.3, -0.25) is 4.90 Å². The number of benzene rings is 1. The molecule has 1 heterocycles. The molecule has 2 rings (SSSR count). The third kappa shape index (κ3) is 3.95. The molecule has 0 bridgehead atoms. The van der Waals surface area contributed by atoms with Gasteiger partial charge in [0.2, 0.25) is 0 Å². The maximum atomic E-state index is 8.84. The van der Waals surface area contributed by atoms with Crippen LogP contribution < -0.4 is 4.90 Å². The number of anilines is 1. The molecule has 0 unspecified atom stereocenters. The van der Waals surface area contributed by atoms with Crippen molar-refractivity contribution in [1.29, 1.82) is 0 Å². The molecule has 1 aliphatic rings. The molecule has 1 aromatic carbocycles. The predicted octanol–water partition coefficient (Wildman–Crippen LogP) is 2.14. The highest BCUT2D eigenvalue weighted by Gasteiger charge is 2.18. The van der Waals surface area contributed by atoms with Gasteiger partial charge in [-0.05, 0) is 44.4 Å². The van der Waals surface area contributed by atoms with E-state index in [0.717, 1.165) is 39.0 Å². The van der Waals surface area contributed by atoms with Crippen molar-refractivity contribution in [2.75, 3.05) is 37.7 Å². The standard InChI is InChI=1S/C16H26N2O/c1-14(2)17-9-11-18(12-10-17)16-7-5-15(6-8-16)4-3-13-19/h5-8,14,19H,3-4,9-13H2,1-2H3. The van der Waals surface area contributed by atoms with Crippen molar-refractivity contribution < 1.29 is 5.11 Å². The lowest BCUT2D eigenvalue weighted by Gasteiger charge is -2.38. The number of aliphatic hydroxyl groups is 1. The van der Waals surface area contributed by atoms with Gasteiger partial charge in [0.1, 0.15) is 0 Å². The molecule has 3 heteroatoms. The van der Waals surface area contributed by atoms with Gasteiger partial charge in [-0.15, -0.1) is 0 Å². The van der Waals surface area contributed by atoms with Crippen LogP contribution in [0.15, 0.2) is 24.3 Å². The predicted molar refractivity (Wildman–Crippen MR) is 80.8 cm³/mol. The van der Waals surface area contributed by atoms with E-state index in [1.165, 1.54) is 11.3 Å². The lowest BCUT2D eigenvalue weighted by molar-refractivity contribution is 0.209. The zero-order chi connectivity index (χ0) is 13.7. The summed E-state index contributed by atoms with van der Waals surface area (Å²) in [4.78, 5) is 5.00. The Kier molecular flexibility index (Phi) is 5.23. The van der Waals surface area contributed by atoms with Gasteiger partial charge in [0.15, 0.2) is 0 Å². The van der Waals surface area contributed by atoms with Crippen LogP contribution in [-0.4, -0.2) is 48.8 Å². The van der Waals surface area contributed by atoms with Crippen LogP contribution in [0.1, 0.15) is 25.8 Å². The fourth-order valence-electron chi connectivity index (χ4n) is 2.65. The fourth-order valence-corrected chi connectivity index (χ4v) is 2.65. The molecular formula is C16H26N2O. The molecular weight excluding hydrogens is 236 g/mol. The normalized spacial score (nSPS) is 17.2. The number of piperazine rings is 1. The Morgan fingerprint density at radius 1 is 1.05 bits per heavy atom. The van der Waals surface area contributed by atoms with Crippen LogP contribution in [-0.2, 0) is 6.42 Å². The minimum Gasteiger partial charge on any atom is -0.396 e.